The Morgan fingerprint density at radius 3 is 2.89 bits per heavy atom. The van der Waals surface area contributed by atoms with Gasteiger partial charge < -0.3 is 15.4 Å². The van der Waals surface area contributed by atoms with Crippen LogP contribution in [0.15, 0.2) is 42.6 Å². The number of nitrogens with one attached hydrogen (secondary N) is 2. The Balaban J connectivity index is 0.00000261. The van der Waals surface area contributed by atoms with Crippen molar-refractivity contribution in [3.8, 4) is 0 Å². The Hall–Kier alpha value is -1.89. The fourth-order valence-corrected chi connectivity index (χ4v) is 3.11. The van der Waals surface area contributed by atoms with Crippen molar-refractivity contribution in [2.75, 3.05) is 26.2 Å². The standard InChI is InChI=1S/C20H28N4O2.ClH/c25-20(19-10-13-24(23-19)18-9-6-11-21-15-18)22-12-4-5-14-26-16-17-7-2-1-3-8-17;/h1-3,7-8,10,13,18,21H,4-6,9,11-12,14-16H2,(H,22,25);1H. The molecule has 2 aromatic rings. The summed E-state index contributed by atoms with van der Waals surface area (Å²) in [5, 5.41) is 10.7. The first kappa shape index (κ1) is 21.4. The van der Waals surface area contributed by atoms with Crippen LogP contribution >= 0.6 is 12.4 Å². The number of rotatable bonds is 9. The number of hydrogen-bond acceptors (Lipinski definition) is 4. The van der Waals surface area contributed by atoms with E-state index in [1.807, 2.05) is 29.1 Å². The molecule has 1 unspecified atom stereocenters. The zero-order chi connectivity index (χ0) is 18.0. The van der Waals surface area contributed by atoms with Gasteiger partial charge in [0.05, 0.1) is 12.6 Å². The van der Waals surface area contributed by atoms with Crippen molar-refractivity contribution in [2.24, 2.45) is 0 Å². The molecule has 0 saturated carbocycles. The van der Waals surface area contributed by atoms with Crippen LogP contribution in [-0.2, 0) is 11.3 Å². The maximum Gasteiger partial charge on any atom is 0.271 e. The number of carbonyl (C=O) groups is 1. The molecular formula is C20H29ClN4O2. The predicted octanol–water partition coefficient (Wildman–Crippen LogP) is 2.96. The quantitative estimate of drug-likeness (QED) is 0.644. The maximum atomic E-state index is 12.2. The molecule has 1 fully saturated rings. The molecule has 1 saturated heterocycles. The maximum absolute atomic E-state index is 12.2. The lowest BCUT2D eigenvalue weighted by Gasteiger charge is -2.22. The highest BCUT2D eigenvalue weighted by atomic mass is 35.5. The van der Waals surface area contributed by atoms with Crippen LogP contribution in [0.25, 0.3) is 0 Å². The van der Waals surface area contributed by atoms with Crippen molar-refractivity contribution in [2.45, 2.75) is 38.3 Å². The van der Waals surface area contributed by atoms with Crippen molar-refractivity contribution in [1.82, 2.24) is 20.4 Å². The van der Waals surface area contributed by atoms with E-state index >= 15 is 0 Å². The van der Waals surface area contributed by atoms with E-state index in [1.54, 1.807) is 6.07 Å². The van der Waals surface area contributed by atoms with Crippen LogP contribution in [0.2, 0.25) is 0 Å². The molecule has 6 nitrogen and oxygen atoms in total. The van der Waals surface area contributed by atoms with E-state index < -0.39 is 0 Å². The zero-order valence-electron chi connectivity index (χ0n) is 15.6. The van der Waals surface area contributed by atoms with Gasteiger partial charge in [0.1, 0.15) is 5.69 Å². The molecule has 1 aromatic carbocycles. The molecule has 1 aromatic heterocycles. The summed E-state index contributed by atoms with van der Waals surface area (Å²) in [4.78, 5) is 12.2. The van der Waals surface area contributed by atoms with E-state index in [9.17, 15) is 4.79 Å². The molecule has 1 amide bonds. The average molecular weight is 393 g/mol. The second-order valence-corrected chi connectivity index (χ2v) is 6.68. The summed E-state index contributed by atoms with van der Waals surface area (Å²) in [6, 6.07) is 12.3. The molecule has 1 atom stereocenters. The van der Waals surface area contributed by atoms with Gasteiger partial charge in [-0.15, -0.1) is 12.4 Å². The van der Waals surface area contributed by atoms with Crippen molar-refractivity contribution >= 4 is 18.3 Å². The third-order valence-electron chi connectivity index (χ3n) is 4.60. The van der Waals surface area contributed by atoms with E-state index in [4.69, 9.17) is 4.74 Å². The van der Waals surface area contributed by atoms with Gasteiger partial charge in [-0.3, -0.25) is 9.48 Å². The number of halogens is 1. The molecule has 3 rings (SSSR count). The highest BCUT2D eigenvalue weighted by Crippen LogP contribution is 2.15. The molecule has 2 N–H and O–H groups in total. The Morgan fingerprint density at radius 2 is 2.11 bits per heavy atom. The first-order valence-electron chi connectivity index (χ1n) is 9.48. The number of benzene rings is 1. The minimum absolute atomic E-state index is 0. The SMILES string of the molecule is Cl.O=C(NCCCCOCc1ccccc1)c1ccn(C2CCCNC2)n1. The minimum Gasteiger partial charge on any atom is -0.377 e. The fourth-order valence-electron chi connectivity index (χ4n) is 3.11. The lowest BCUT2D eigenvalue weighted by molar-refractivity contribution is 0.0939. The van der Waals surface area contributed by atoms with Crippen LogP contribution < -0.4 is 10.6 Å². The topological polar surface area (TPSA) is 68.2 Å². The number of amides is 1. The molecule has 7 heteroatoms. The number of hydrogen-bond donors (Lipinski definition) is 2. The highest BCUT2D eigenvalue weighted by molar-refractivity contribution is 5.92. The summed E-state index contributed by atoms with van der Waals surface area (Å²) in [5.41, 5.74) is 1.68. The molecule has 27 heavy (non-hydrogen) atoms. The normalized spacial score (nSPS) is 16.5. The molecule has 2 heterocycles. The number of ether oxygens (including phenoxy) is 1. The van der Waals surface area contributed by atoms with Gasteiger partial charge >= 0.3 is 0 Å². The van der Waals surface area contributed by atoms with E-state index in [-0.39, 0.29) is 18.3 Å². The molecule has 0 spiro atoms. The molecule has 0 bridgehead atoms. The largest absolute Gasteiger partial charge is 0.377 e. The third-order valence-corrected chi connectivity index (χ3v) is 4.60. The van der Waals surface area contributed by atoms with E-state index in [1.165, 1.54) is 5.56 Å². The summed E-state index contributed by atoms with van der Waals surface area (Å²) in [5.74, 6) is -0.0993. The van der Waals surface area contributed by atoms with Crippen LogP contribution in [0.3, 0.4) is 0 Å². The highest BCUT2D eigenvalue weighted by Gasteiger charge is 2.17. The summed E-state index contributed by atoms with van der Waals surface area (Å²) in [7, 11) is 0. The average Bonchev–Trinajstić information content (AvgIpc) is 3.19. The van der Waals surface area contributed by atoms with E-state index in [2.05, 4.69) is 27.9 Å². The lowest BCUT2D eigenvalue weighted by Crippen LogP contribution is -2.32. The summed E-state index contributed by atoms with van der Waals surface area (Å²) in [6.45, 7) is 3.98. The van der Waals surface area contributed by atoms with Gasteiger partial charge in [0.15, 0.2) is 0 Å². The van der Waals surface area contributed by atoms with Gasteiger partial charge in [-0.1, -0.05) is 30.3 Å². The number of carbonyl (C=O) groups excluding carboxylic acids is 1. The Labute approximate surface area is 167 Å². The van der Waals surface area contributed by atoms with Gasteiger partial charge in [0.2, 0.25) is 0 Å². The summed E-state index contributed by atoms with van der Waals surface area (Å²) < 4.78 is 7.56. The molecule has 0 aliphatic carbocycles. The second kappa shape index (κ2) is 11.7. The number of unbranched alkanes of at least 4 members (excludes halogenated alkanes) is 1. The number of nitrogens with zero attached hydrogens (tertiary/aromatic N) is 2. The summed E-state index contributed by atoms with van der Waals surface area (Å²) >= 11 is 0. The fraction of sp³-hybridized carbons (Fsp3) is 0.500. The van der Waals surface area contributed by atoms with Crippen molar-refractivity contribution in [1.29, 1.82) is 0 Å². The number of aromatic nitrogens is 2. The van der Waals surface area contributed by atoms with Crippen molar-refractivity contribution in [3.63, 3.8) is 0 Å². The van der Waals surface area contributed by atoms with E-state index in [0.717, 1.165) is 38.8 Å². The molecule has 1 aliphatic rings. The predicted molar refractivity (Wildman–Crippen MR) is 108 cm³/mol. The molecule has 1 aliphatic heterocycles. The first-order chi connectivity index (χ1) is 12.8. The van der Waals surface area contributed by atoms with Crippen LogP contribution in [0, 0.1) is 0 Å². The third kappa shape index (κ3) is 6.97. The first-order valence-corrected chi connectivity index (χ1v) is 9.48. The van der Waals surface area contributed by atoms with Gasteiger partial charge in [0, 0.05) is 25.9 Å². The monoisotopic (exact) mass is 392 g/mol. The molecular weight excluding hydrogens is 364 g/mol. The van der Waals surface area contributed by atoms with Crippen molar-refractivity contribution < 1.29 is 9.53 Å². The van der Waals surface area contributed by atoms with Crippen LogP contribution in [0.4, 0.5) is 0 Å². The van der Waals surface area contributed by atoms with Gasteiger partial charge in [-0.05, 0) is 43.9 Å². The lowest BCUT2D eigenvalue weighted by atomic mass is 10.1. The van der Waals surface area contributed by atoms with Gasteiger partial charge in [0.25, 0.3) is 5.91 Å². The van der Waals surface area contributed by atoms with Gasteiger partial charge in [-0.2, -0.15) is 5.10 Å². The Bertz CT molecular complexity index is 672. The Kier molecular flexibility index (Phi) is 9.31. The summed E-state index contributed by atoms with van der Waals surface area (Å²) in [6.07, 6.45) is 5.99. The van der Waals surface area contributed by atoms with E-state index in [0.29, 0.717) is 31.5 Å². The second-order valence-electron chi connectivity index (χ2n) is 6.68. The van der Waals surface area contributed by atoms with Crippen LogP contribution in [-0.4, -0.2) is 41.9 Å². The zero-order valence-corrected chi connectivity index (χ0v) is 16.4. The number of piperidine rings is 1. The van der Waals surface area contributed by atoms with Crippen molar-refractivity contribution in [3.05, 3.63) is 53.9 Å². The smallest absolute Gasteiger partial charge is 0.271 e. The molecule has 148 valence electrons. The van der Waals surface area contributed by atoms with Crippen LogP contribution in [0.5, 0.6) is 0 Å². The minimum atomic E-state index is -0.0993. The molecule has 0 radical (unpaired) electrons. The van der Waals surface area contributed by atoms with Crippen LogP contribution in [0.1, 0.15) is 47.8 Å². The Morgan fingerprint density at radius 1 is 1.26 bits per heavy atom. The van der Waals surface area contributed by atoms with Gasteiger partial charge in [-0.25, -0.2) is 0 Å².